The third-order valence-corrected chi connectivity index (χ3v) is 6.39. The van der Waals surface area contributed by atoms with Crippen LogP contribution in [0.2, 0.25) is 0 Å². The molecule has 3 aromatic carbocycles. The molecule has 176 valence electrons. The van der Waals surface area contributed by atoms with Crippen molar-refractivity contribution in [3.05, 3.63) is 107 Å². The number of ether oxygens (including phenoxy) is 1. The largest absolute Gasteiger partial charge is 0.507 e. The van der Waals surface area contributed by atoms with Crippen LogP contribution in [0.25, 0.3) is 16.7 Å². The van der Waals surface area contributed by atoms with E-state index in [1.54, 1.807) is 36.4 Å². The number of aryl methyl sites for hydroxylation is 1. The first-order chi connectivity index (χ1) is 16.9. The van der Waals surface area contributed by atoms with Crippen molar-refractivity contribution in [3.8, 4) is 5.75 Å². The third-order valence-electron chi connectivity index (χ3n) is 6.39. The molecule has 0 radical (unpaired) electrons. The third kappa shape index (κ3) is 3.85. The summed E-state index contributed by atoms with van der Waals surface area (Å²) in [6, 6.07) is 19.2. The number of H-pyrrole nitrogens is 1. The summed E-state index contributed by atoms with van der Waals surface area (Å²) in [4.78, 5) is 31.4. The Labute approximate surface area is 201 Å². The van der Waals surface area contributed by atoms with E-state index in [4.69, 9.17) is 4.74 Å². The first kappa shape index (κ1) is 22.4. The molecule has 1 aliphatic rings. The van der Waals surface area contributed by atoms with Gasteiger partial charge in [-0.1, -0.05) is 30.3 Å². The van der Waals surface area contributed by atoms with Gasteiger partial charge in [-0.25, -0.2) is 4.39 Å². The molecule has 1 saturated heterocycles. The van der Waals surface area contributed by atoms with Crippen LogP contribution in [0.4, 0.5) is 4.39 Å². The standard InChI is InChI=1S/C28H23FN2O4/c1-16-23(21-5-3-4-6-22(21)30-16)25-24(26(32)18-9-13-20(35-2)14-10-18)27(33)28(34)31(25)15-17-7-11-19(29)12-8-17/h3-14,25,30,32H,15H2,1-2H3/b26-24+. The number of rotatable bonds is 5. The first-order valence-electron chi connectivity index (χ1n) is 11.1. The number of methoxy groups -OCH3 is 1. The summed E-state index contributed by atoms with van der Waals surface area (Å²) in [7, 11) is 1.54. The normalized spacial score (nSPS) is 17.3. The highest BCUT2D eigenvalue weighted by Crippen LogP contribution is 2.44. The van der Waals surface area contributed by atoms with Crippen molar-refractivity contribution in [2.75, 3.05) is 7.11 Å². The number of aliphatic hydroxyl groups excluding tert-OH is 1. The summed E-state index contributed by atoms with van der Waals surface area (Å²) >= 11 is 0. The van der Waals surface area contributed by atoms with Gasteiger partial charge in [0.05, 0.1) is 18.7 Å². The van der Waals surface area contributed by atoms with Crippen molar-refractivity contribution in [1.29, 1.82) is 0 Å². The number of aromatic nitrogens is 1. The zero-order valence-corrected chi connectivity index (χ0v) is 19.2. The molecule has 7 heteroatoms. The minimum Gasteiger partial charge on any atom is -0.507 e. The van der Waals surface area contributed by atoms with E-state index in [-0.39, 0.29) is 23.7 Å². The Hall–Kier alpha value is -4.39. The van der Waals surface area contributed by atoms with Gasteiger partial charge in [-0.2, -0.15) is 0 Å². The average Bonchev–Trinajstić information content (AvgIpc) is 3.32. The number of amides is 1. The Kier molecular flexibility index (Phi) is 5.61. The van der Waals surface area contributed by atoms with Crippen LogP contribution < -0.4 is 4.74 Å². The quantitative estimate of drug-likeness (QED) is 0.237. The maximum absolute atomic E-state index is 13.5. The Bertz CT molecular complexity index is 1470. The Balaban J connectivity index is 1.71. The van der Waals surface area contributed by atoms with E-state index in [0.29, 0.717) is 16.9 Å². The molecule has 1 unspecified atom stereocenters. The van der Waals surface area contributed by atoms with Crippen LogP contribution in [-0.4, -0.2) is 33.8 Å². The molecule has 6 nitrogen and oxygen atoms in total. The molecule has 0 spiro atoms. The predicted octanol–water partition coefficient (Wildman–Crippen LogP) is 5.25. The maximum atomic E-state index is 13.5. The molecule has 35 heavy (non-hydrogen) atoms. The maximum Gasteiger partial charge on any atom is 0.295 e. The van der Waals surface area contributed by atoms with Gasteiger partial charge in [-0.3, -0.25) is 9.59 Å². The van der Waals surface area contributed by atoms with Gasteiger partial charge in [-0.05, 0) is 55.0 Å². The number of fused-ring (bicyclic) bond motifs is 1. The number of ketones is 1. The molecule has 0 bridgehead atoms. The topological polar surface area (TPSA) is 82.6 Å². The Morgan fingerprint density at radius 2 is 1.71 bits per heavy atom. The number of aliphatic hydroxyl groups is 1. The molecule has 2 heterocycles. The molecular formula is C28H23FN2O4. The molecule has 0 aliphatic carbocycles. The van der Waals surface area contributed by atoms with E-state index in [2.05, 4.69) is 4.98 Å². The number of benzene rings is 3. The number of Topliss-reactive ketones (excluding diaryl/α,β-unsaturated/α-hetero) is 1. The summed E-state index contributed by atoms with van der Waals surface area (Å²) in [5.74, 6) is -1.54. The molecule has 1 amide bonds. The van der Waals surface area contributed by atoms with Gasteiger partial charge in [0.15, 0.2) is 0 Å². The summed E-state index contributed by atoms with van der Waals surface area (Å²) in [5.41, 5.74) is 3.44. The summed E-state index contributed by atoms with van der Waals surface area (Å²) in [6.45, 7) is 1.95. The number of hydrogen-bond acceptors (Lipinski definition) is 4. The number of aromatic amines is 1. The van der Waals surface area contributed by atoms with E-state index in [9.17, 15) is 19.1 Å². The highest BCUT2D eigenvalue weighted by Gasteiger charge is 2.47. The molecule has 4 aromatic rings. The van der Waals surface area contributed by atoms with Crippen LogP contribution in [0.3, 0.4) is 0 Å². The Morgan fingerprint density at radius 1 is 1.03 bits per heavy atom. The van der Waals surface area contributed by atoms with Crippen molar-refractivity contribution in [2.45, 2.75) is 19.5 Å². The van der Waals surface area contributed by atoms with Gasteiger partial charge in [-0.15, -0.1) is 0 Å². The smallest absolute Gasteiger partial charge is 0.295 e. The fraction of sp³-hybridized carbons (Fsp3) is 0.143. The van der Waals surface area contributed by atoms with Crippen molar-refractivity contribution in [1.82, 2.24) is 9.88 Å². The fourth-order valence-corrected chi connectivity index (χ4v) is 4.68. The molecular weight excluding hydrogens is 447 g/mol. The van der Waals surface area contributed by atoms with E-state index >= 15 is 0 Å². The molecule has 1 aliphatic heterocycles. The zero-order valence-electron chi connectivity index (χ0n) is 19.2. The second-order valence-electron chi connectivity index (χ2n) is 8.49. The van der Waals surface area contributed by atoms with Gasteiger partial charge in [0.1, 0.15) is 17.3 Å². The Morgan fingerprint density at radius 3 is 2.40 bits per heavy atom. The lowest BCUT2D eigenvalue weighted by Gasteiger charge is -2.26. The molecule has 1 aromatic heterocycles. The number of carbonyl (C=O) groups excluding carboxylic acids is 2. The highest BCUT2D eigenvalue weighted by molar-refractivity contribution is 6.46. The fourth-order valence-electron chi connectivity index (χ4n) is 4.68. The van der Waals surface area contributed by atoms with Crippen molar-refractivity contribution < 1.29 is 23.8 Å². The van der Waals surface area contributed by atoms with E-state index < -0.39 is 17.7 Å². The van der Waals surface area contributed by atoms with Gasteiger partial charge < -0.3 is 19.7 Å². The lowest BCUT2D eigenvalue weighted by atomic mass is 9.93. The van der Waals surface area contributed by atoms with Gasteiger partial charge in [0, 0.05) is 34.3 Å². The van der Waals surface area contributed by atoms with Crippen molar-refractivity contribution >= 4 is 28.4 Å². The number of para-hydroxylation sites is 1. The number of hydrogen-bond donors (Lipinski definition) is 2. The van der Waals surface area contributed by atoms with Gasteiger partial charge in [0.25, 0.3) is 11.7 Å². The number of nitrogens with one attached hydrogen (secondary N) is 1. The van der Waals surface area contributed by atoms with Crippen LogP contribution in [0.1, 0.15) is 28.4 Å². The molecule has 1 fully saturated rings. The number of likely N-dealkylation sites (tertiary alicyclic amines) is 1. The minimum atomic E-state index is -0.835. The molecule has 1 atom stereocenters. The summed E-state index contributed by atoms with van der Waals surface area (Å²) < 4.78 is 18.7. The lowest BCUT2D eigenvalue weighted by molar-refractivity contribution is -0.140. The zero-order chi connectivity index (χ0) is 24.7. The second-order valence-corrected chi connectivity index (χ2v) is 8.49. The summed E-state index contributed by atoms with van der Waals surface area (Å²) in [6.07, 6.45) is 0. The van der Waals surface area contributed by atoms with Crippen molar-refractivity contribution in [3.63, 3.8) is 0 Å². The highest BCUT2D eigenvalue weighted by atomic mass is 19.1. The molecule has 2 N–H and O–H groups in total. The lowest BCUT2D eigenvalue weighted by Crippen LogP contribution is -2.29. The SMILES string of the molecule is COc1ccc(/C(O)=C2\C(=O)C(=O)N(Cc3ccc(F)cc3)C2c2c(C)[nH]c3ccccc23)cc1. The van der Waals surface area contributed by atoms with Crippen molar-refractivity contribution in [2.24, 2.45) is 0 Å². The average molecular weight is 471 g/mol. The summed E-state index contributed by atoms with van der Waals surface area (Å²) in [5, 5.41) is 12.2. The van der Waals surface area contributed by atoms with Crippen LogP contribution in [0.5, 0.6) is 5.75 Å². The minimum absolute atomic E-state index is 0.00938. The van der Waals surface area contributed by atoms with Gasteiger partial charge in [0.2, 0.25) is 0 Å². The van der Waals surface area contributed by atoms with Crippen LogP contribution >= 0.6 is 0 Å². The van der Waals surface area contributed by atoms with Crippen LogP contribution in [0.15, 0.2) is 78.4 Å². The monoisotopic (exact) mass is 470 g/mol. The van der Waals surface area contributed by atoms with Gasteiger partial charge >= 0.3 is 0 Å². The predicted molar refractivity (Wildman–Crippen MR) is 130 cm³/mol. The first-order valence-corrected chi connectivity index (χ1v) is 11.1. The van der Waals surface area contributed by atoms with E-state index in [1.165, 1.54) is 24.1 Å². The second kappa shape index (κ2) is 8.76. The number of nitrogens with zero attached hydrogens (tertiary/aromatic N) is 1. The number of halogens is 1. The van der Waals surface area contributed by atoms with Crippen LogP contribution in [-0.2, 0) is 16.1 Å². The molecule has 5 rings (SSSR count). The van der Waals surface area contributed by atoms with Crippen LogP contribution in [0, 0.1) is 12.7 Å². The van der Waals surface area contributed by atoms with E-state index in [1.807, 2.05) is 31.2 Å². The van der Waals surface area contributed by atoms with E-state index in [0.717, 1.165) is 22.2 Å². The number of carbonyl (C=O) groups is 2. The molecule has 0 saturated carbocycles.